The third-order valence-corrected chi connectivity index (χ3v) is 3.41. The van der Waals surface area contributed by atoms with Gasteiger partial charge in [0.15, 0.2) is 0 Å². The monoisotopic (exact) mass is 211 g/mol. The van der Waals surface area contributed by atoms with Gasteiger partial charge in [0.1, 0.15) is 5.54 Å². The molecule has 84 valence electrons. The molecule has 2 aliphatic rings. The lowest BCUT2D eigenvalue weighted by Gasteiger charge is -2.29. The molecule has 2 fully saturated rings. The molecular weight excluding hydrogens is 194 g/mol. The third kappa shape index (κ3) is 1.43. The minimum atomic E-state index is -0.619. The Kier molecular flexibility index (Phi) is 2.44. The summed E-state index contributed by atoms with van der Waals surface area (Å²) in [5, 5.41) is 0. The highest BCUT2D eigenvalue weighted by Gasteiger charge is 2.56. The molecule has 15 heavy (non-hydrogen) atoms. The second-order valence-corrected chi connectivity index (χ2v) is 4.57. The van der Waals surface area contributed by atoms with Crippen LogP contribution in [-0.2, 0) is 14.3 Å². The lowest BCUT2D eigenvalue weighted by Crippen LogP contribution is -2.48. The fraction of sp³-hybridized carbons (Fsp3) is 0.818. The van der Waals surface area contributed by atoms with Crippen molar-refractivity contribution in [2.24, 2.45) is 5.92 Å². The molecule has 2 aliphatic heterocycles. The van der Waals surface area contributed by atoms with Gasteiger partial charge in [0.25, 0.3) is 0 Å². The van der Waals surface area contributed by atoms with E-state index in [0.29, 0.717) is 31.9 Å². The maximum atomic E-state index is 11.9. The summed E-state index contributed by atoms with van der Waals surface area (Å²) in [4.78, 5) is 25.3. The lowest BCUT2D eigenvalue weighted by molar-refractivity contribution is -0.157. The summed E-state index contributed by atoms with van der Waals surface area (Å²) in [7, 11) is 0. The number of fused-ring (bicyclic) bond motifs is 1. The van der Waals surface area contributed by atoms with E-state index in [0.717, 1.165) is 6.42 Å². The molecule has 4 nitrogen and oxygen atoms in total. The summed E-state index contributed by atoms with van der Waals surface area (Å²) in [5.74, 6) is 0.297. The number of hydrogen-bond donors (Lipinski definition) is 0. The smallest absolute Gasteiger partial charge is 0.332 e. The Balaban J connectivity index is 2.24. The Morgan fingerprint density at radius 2 is 2.40 bits per heavy atom. The van der Waals surface area contributed by atoms with Crippen molar-refractivity contribution in [3.63, 3.8) is 0 Å². The standard InChI is InChI=1S/C11H17NO3/c1-3-15-10(14)11-5-4-9(13)12(11)7-8(2)6-11/h8H,3-7H2,1-2H3/t8-,11+/m1/s1. The largest absolute Gasteiger partial charge is 0.464 e. The molecule has 0 radical (unpaired) electrons. The molecular formula is C11H17NO3. The topological polar surface area (TPSA) is 46.6 Å². The highest BCUT2D eigenvalue weighted by molar-refractivity contribution is 5.92. The van der Waals surface area contributed by atoms with Gasteiger partial charge in [0, 0.05) is 13.0 Å². The Morgan fingerprint density at radius 1 is 1.67 bits per heavy atom. The third-order valence-electron chi connectivity index (χ3n) is 3.41. The van der Waals surface area contributed by atoms with Crippen LogP contribution in [0.2, 0.25) is 0 Å². The first kappa shape index (κ1) is 10.5. The molecule has 0 spiro atoms. The van der Waals surface area contributed by atoms with Gasteiger partial charge in [0.2, 0.25) is 5.91 Å². The molecule has 0 aromatic heterocycles. The molecule has 0 N–H and O–H groups in total. The number of esters is 1. The molecule has 2 atom stereocenters. The van der Waals surface area contributed by atoms with E-state index in [4.69, 9.17) is 4.74 Å². The molecule has 2 saturated heterocycles. The first-order valence-electron chi connectivity index (χ1n) is 5.58. The van der Waals surface area contributed by atoms with Crippen molar-refractivity contribution in [1.82, 2.24) is 4.90 Å². The van der Waals surface area contributed by atoms with Crippen LogP contribution in [0.1, 0.15) is 33.1 Å². The number of nitrogens with zero attached hydrogens (tertiary/aromatic N) is 1. The summed E-state index contributed by atoms with van der Waals surface area (Å²) < 4.78 is 5.09. The fourth-order valence-corrected chi connectivity index (χ4v) is 2.82. The van der Waals surface area contributed by atoms with E-state index >= 15 is 0 Å². The second-order valence-electron chi connectivity index (χ2n) is 4.57. The Labute approximate surface area is 89.6 Å². The van der Waals surface area contributed by atoms with E-state index in [1.165, 1.54) is 0 Å². The average molecular weight is 211 g/mol. The van der Waals surface area contributed by atoms with Gasteiger partial charge >= 0.3 is 5.97 Å². The highest BCUT2D eigenvalue weighted by atomic mass is 16.5. The summed E-state index contributed by atoms with van der Waals surface area (Å²) >= 11 is 0. The van der Waals surface area contributed by atoms with E-state index in [1.54, 1.807) is 11.8 Å². The lowest BCUT2D eigenvalue weighted by atomic mass is 9.91. The minimum absolute atomic E-state index is 0.104. The van der Waals surface area contributed by atoms with Crippen molar-refractivity contribution in [1.29, 1.82) is 0 Å². The number of hydrogen-bond acceptors (Lipinski definition) is 3. The minimum Gasteiger partial charge on any atom is -0.464 e. The van der Waals surface area contributed by atoms with Crippen molar-refractivity contribution in [2.45, 2.75) is 38.6 Å². The molecule has 0 bridgehead atoms. The number of carbonyl (C=O) groups excluding carboxylic acids is 2. The van der Waals surface area contributed by atoms with Crippen LogP contribution in [0.5, 0.6) is 0 Å². The highest BCUT2D eigenvalue weighted by Crippen LogP contribution is 2.42. The summed E-state index contributed by atoms with van der Waals surface area (Å²) in [5.41, 5.74) is -0.619. The molecule has 1 amide bonds. The van der Waals surface area contributed by atoms with Crippen LogP contribution >= 0.6 is 0 Å². The summed E-state index contributed by atoms with van der Waals surface area (Å²) in [6, 6.07) is 0. The van der Waals surface area contributed by atoms with Crippen LogP contribution < -0.4 is 0 Å². The zero-order valence-electron chi connectivity index (χ0n) is 9.28. The van der Waals surface area contributed by atoms with Crippen molar-refractivity contribution < 1.29 is 14.3 Å². The van der Waals surface area contributed by atoms with Gasteiger partial charge < -0.3 is 9.64 Å². The predicted octanol–water partition coefficient (Wildman–Crippen LogP) is 0.950. The summed E-state index contributed by atoms with van der Waals surface area (Å²) in [6.45, 7) is 4.97. The van der Waals surface area contributed by atoms with E-state index < -0.39 is 5.54 Å². The number of carbonyl (C=O) groups is 2. The first-order chi connectivity index (χ1) is 7.10. The van der Waals surface area contributed by atoms with E-state index in [-0.39, 0.29) is 11.9 Å². The number of ether oxygens (including phenoxy) is 1. The summed E-state index contributed by atoms with van der Waals surface area (Å²) in [6.07, 6.45) is 1.89. The second kappa shape index (κ2) is 3.51. The van der Waals surface area contributed by atoms with Gasteiger partial charge in [-0.15, -0.1) is 0 Å². The van der Waals surface area contributed by atoms with Gasteiger partial charge in [-0.2, -0.15) is 0 Å². The quantitative estimate of drug-likeness (QED) is 0.639. The predicted molar refractivity (Wildman–Crippen MR) is 54.1 cm³/mol. The van der Waals surface area contributed by atoms with Crippen LogP contribution in [-0.4, -0.2) is 35.5 Å². The Hall–Kier alpha value is -1.06. The molecule has 0 aromatic rings. The van der Waals surface area contributed by atoms with E-state index in [1.807, 2.05) is 0 Å². The molecule has 0 aromatic carbocycles. The molecule has 2 rings (SSSR count). The van der Waals surface area contributed by atoms with E-state index in [2.05, 4.69) is 6.92 Å². The van der Waals surface area contributed by atoms with Gasteiger partial charge in [-0.1, -0.05) is 6.92 Å². The van der Waals surface area contributed by atoms with Gasteiger partial charge in [-0.25, -0.2) is 4.79 Å². The molecule has 0 unspecified atom stereocenters. The normalized spacial score (nSPS) is 34.4. The van der Waals surface area contributed by atoms with Gasteiger partial charge in [0.05, 0.1) is 6.61 Å². The van der Waals surface area contributed by atoms with Crippen molar-refractivity contribution in [2.75, 3.05) is 13.2 Å². The van der Waals surface area contributed by atoms with Crippen LogP contribution in [0.3, 0.4) is 0 Å². The number of amides is 1. The fourth-order valence-electron chi connectivity index (χ4n) is 2.82. The molecule has 0 saturated carbocycles. The SMILES string of the molecule is CCOC(=O)[C@@]12CCC(=O)N1C[C@H](C)C2. The average Bonchev–Trinajstić information content (AvgIpc) is 2.66. The van der Waals surface area contributed by atoms with E-state index in [9.17, 15) is 9.59 Å². The molecule has 4 heteroatoms. The van der Waals surface area contributed by atoms with Crippen LogP contribution in [0.25, 0.3) is 0 Å². The first-order valence-corrected chi connectivity index (χ1v) is 5.58. The van der Waals surface area contributed by atoms with Crippen molar-refractivity contribution in [3.05, 3.63) is 0 Å². The van der Waals surface area contributed by atoms with Gasteiger partial charge in [-0.05, 0) is 25.7 Å². The zero-order valence-corrected chi connectivity index (χ0v) is 9.28. The Bertz CT molecular complexity index is 302. The maximum absolute atomic E-state index is 11.9. The van der Waals surface area contributed by atoms with Crippen molar-refractivity contribution >= 4 is 11.9 Å². The van der Waals surface area contributed by atoms with Crippen LogP contribution in [0.15, 0.2) is 0 Å². The van der Waals surface area contributed by atoms with Gasteiger partial charge in [-0.3, -0.25) is 4.79 Å². The molecule has 0 aliphatic carbocycles. The maximum Gasteiger partial charge on any atom is 0.332 e. The molecule has 2 heterocycles. The zero-order chi connectivity index (χ0) is 11.1. The van der Waals surface area contributed by atoms with Crippen molar-refractivity contribution in [3.8, 4) is 0 Å². The van der Waals surface area contributed by atoms with Crippen LogP contribution in [0, 0.1) is 5.92 Å². The van der Waals surface area contributed by atoms with Crippen LogP contribution in [0.4, 0.5) is 0 Å². The number of rotatable bonds is 2. The Morgan fingerprint density at radius 3 is 3.07 bits per heavy atom.